The number of rotatable bonds is 2. The van der Waals surface area contributed by atoms with Crippen LogP contribution in [0.15, 0.2) is 41.5 Å². The Kier molecular flexibility index (Phi) is 3.55. The van der Waals surface area contributed by atoms with Gasteiger partial charge in [0.05, 0.1) is 0 Å². The zero-order valence-electron chi connectivity index (χ0n) is 10.5. The predicted molar refractivity (Wildman–Crippen MR) is 67.6 cm³/mol. The van der Waals surface area contributed by atoms with Gasteiger partial charge in [0.15, 0.2) is 17.3 Å². The molecule has 0 atom stereocenters. The number of aryl methyl sites for hydroxylation is 2. The first-order chi connectivity index (χ1) is 8.97. The molecule has 0 aliphatic carbocycles. The van der Waals surface area contributed by atoms with Crippen molar-refractivity contribution in [2.45, 2.75) is 13.8 Å². The molecule has 98 valence electrons. The lowest BCUT2D eigenvalue weighted by atomic mass is 10.2. The third-order valence-corrected chi connectivity index (χ3v) is 2.61. The Morgan fingerprint density at radius 1 is 0.947 bits per heavy atom. The summed E-state index contributed by atoms with van der Waals surface area (Å²) in [5.74, 6) is -1.32. The fourth-order valence-corrected chi connectivity index (χ4v) is 1.62. The normalized spacial score (nSPS) is 11.7. The van der Waals surface area contributed by atoms with Gasteiger partial charge in [-0.05, 0) is 48.0 Å². The summed E-state index contributed by atoms with van der Waals surface area (Å²) in [6.45, 7) is 3.48. The van der Waals surface area contributed by atoms with Gasteiger partial charge in [0.2, 0.25) is 0 Å². The first-order valence-corrected chi connectivity index (χ1v) is 5.68. The second-order valence-electron chi connectivity index (χ2n) is 4.28. The minimum atomic E-state index is -0.697. The minimum absolute atomic E-state index is 0.0974. The number of benzene rings is 2. The summed E-state index contributed by atoms with van der Waals surface area (Å²) in [6.07, 6.45) is 0. The van der Waals surface area contributed by atoms with E-state index in [1.54, 1.807) is 26.0 Å². The first kappa shape index (κ1) is 13.1. The quantitative estimate of drug-likeness (QED) is 0.446. The molecule has 0 aromatic heterocycles. The van der Waals surface area contributed by atoms with Gasteiger partial charge in [-0.25, -0.2) is 4.39 Å². The molecule has 0 saturated heterocycles. The Labute approximate surface area is 109 Å². The number of azo groups is 1. The Balaban J connectivity index is 2.48. The molecule has 19 heavy (non-hydrogen) atoms. The summed E-state index contributed by atoms with van der Waals surface area (Å²) in [7, 11) is 0. The van der Waals surface area contributed by atoms with Gasteiger partial charge in [-0.1, -0.05) is 12.1 Å². The second kappa shape index (κ2) is 5.14. The first-order valence-electron chi connectivity index (χ1n) is 5.68. The van der Waals surface area contributed by atoms with Crippen LogP contribution in [0.25, 0.3) is 0 Å². The molecule has 2 aromatic rings. The maximum Gasteiger partial charge on any atom is 0.280 e. The molecule has 0 bridgehead atoms. The molecule has 0 aliphatic rings. The molecule has 2 rings (SSSR count). The van der Waals surface area contributed by atoms with E-state index in [2.05, 4.69) is 5.11 Å². The van der Waals surface area contributed by atoms with Crippen LogP contribution in [-0.2, 0) is 0 Å². The fourth-order valence-electron chi connectivity index (χ4n) is 1.62. The molecular weight excluding hydrogens is 250 g/mol. The minimum Gasteiger partial charge on any atom is -0.594 e. The number of hydrogen-bond acceptors (Lipinski definition) is 2. The van der Waals surface area contributed by atoms with Gasteiger partial charge >= 0.3 is 0 Å². The van der Waals surface area contributed by atoms with Gasteiger partial charge in [-0.15, -0.1) is 0 Å². The summed E-state index contributed by atoms with van der Waals surface area (Å²) in [5.41, 5.74) is 1.13. The molecule has 0 radical (unpaired) electrons. The highest BCUT2D eigenvalue weighted by Gasteiger charge is 2.13. The van der Waals surface area contributed by atoms with Crippen molar-refractivity contribution in [1.82, 2.24) is 0 Å². The molecule has 5 heteroatoms. The van der Waals surface area contributed by atoms with E-state index < -0.39 is 11.6 Å². The van der Waals surface area contributed by atoms with Crippen molar-refractivity contribution in [1.29, 1.82) is 0 Å². The van der Waals surface area contributed by atoms with Crippen LogP contribution < -0.4 is 0 Å². The van der Waals surface area contributed by atoms with E-state index in [1.165, 1.54) is 24.3 Å². The van der Waals surface area contributed by atoms with E-state index in [-0.39, 0.29) is 16.2 Å². The van der Waals surface area contributed by atoms with Crippen LogP contribution in [0.1, 0.15) is 11.1 Å². The summed E-state index contributed by atoms with van der Waals surface area (Å²) in [5, 5.41) is 15.3. The molecular formula is C14H12F2N2O. The lowest BCUT2D eigenvalue weighted by molar-refractivity contribution is -0.437. The molecule has 0 N–H and O–H groups in total. The Morgan fingerprint density at radius 2 is 1.53 bits per heavy atom. The van der Waals surface area contributed by atoms with Crippen molar-refractivity contribution in [2.24, 2.45) is 5.11 Å². The topological polar surface area (TPSA) is 38.4 Å². The third-order valence-electron chi connectivity index (χ3n) is 2.61. The van der Waals surface area contributed by atoms with Crippen molar-refractivity contribution in [3.8, 4) is 0 Å². The molecule has 0 spiro atoms. The average molecular weight is 262 g/mol. The number of hydrogen-bond donors (Lipinski definition) is 0. The van der Waals surface area contributed by atoms with Gasteiger partial charge in [0, 0.05) is 11.2 Å². The summed E-state index contributed by atoms with van der Waals surface area (Å²) < 4.78 is 27.0. The van der Waals surface area contributed by atoms with Gasteiger partial charge in [-0.2, -0.15) is 4.39 Å². The van der Waals surface area contributed by atoms with Gasteiger partial charge in [-0.3, -0.25) is 0 Å². The van der Waals surface area contributed by atoms with Crippen LogP contribution in [0.2, 0.25) is 0 Å². The maximum atomic E-state index is 13.5. The van der Waals surface area contributed by atoms with Crippen molar-refractivity contribution in [3.63, 3.8) is 0 Å². The molecule has 0 aliphatic heterocycles. The molecule has 0 fully saturated rings. The number of halogens is 2. The van der Waals surface area contributed by atoms with Crippen LogP contribution in [-0.4, -0.2) is 4.86 Å². The lowest BCUT2D eigenvalue weighted by Gasteiger charge is -2.03. The second-order valence-corrected chi connectivity index (χ2v) is 4.28. The summed E-state index contributed by atoms with van der Waals surface area (Å²) in [6, 6.07) is 8.29. The average Bonchev–Trinajstić information content (AvgIpc) is 2.36. The van der Waals surface area contributed by atoms with E-state index in [1.807, 2.05) is 0 Å². The van der Waals surface area contributed by atoms with Crippen LogP contribution in [0.4, 0.5) is 20.2 Å². The van der Waals surface area contributed by atoms with Crippen LogP contribution in [0.3, 0.4) is 0 Å². The zero-order chi connectivity index (χ0) is 14.0. The predicted octanol–water partition coefficient (Wildman–Crippen LogP) is 4.51. The Hall–Kier alpha value is -2.30. The van der Waals surface area contributed by atoms with Crippen LogP contribution in [0, 0.1) is 30.7 Å². The maximum absolute atomic E-state index is 13.5. The van der Waals surface area contributed by atoms with Crippen molar-refractivity contribution >= 4 is 11.4 Å². The standard InChI is InChI=1S/C14H12F2N2O/c1-9-3-5-11(15)13(7-9)17-18(19)14-8-10(2)4-6-12(14)16/h3-8H,1-2H3. The van der Waals surface area contributed by atoms with E-state index in [9.17, 15) is 14.0 Å². The fraction of sp³-hybridized carbons (Fsp3) is 0.143. The lowest BCUT2D eigenvalue weighted by Crippen LogP contribution is -1.95. The highest BCUT2D eigenvalue weighted by atomic mass is 19.1. The smallest absolute Gasteiger partial charge is 0.280 e. The highest BCUT2D eigenvalue weighted by molar-refractivity contribution is 5.41. The van der Waals surface area contributed by atoms with Crippen molar-refractivity contribution < 1.29 is 13.6 Å². The van der Waals surface area contributed by atoms with Crippen LogP contribution >= 0.6 is 0 Å². The van der Waals surface area contributed by atoms with Gasteiger partial charge in [0.25, 0.3) is 5.69 Å². The Morgan fingerprint density at radius 3 is 2.21 bits per heavy atom. The molecule has 0 heterocycles. The zero-order valence-corrected chi connectivity index (χ0v) is 10.5. The van der Waals surface area contributed by atoms with E-state index in [4.69, 9.17) is 0 Å². The van der Waals surface area contributed by atoms with E-state index >= 15 is 0 Å². The monoisotopic (exact) mass is 262 g/mol. The van der Waals surface area contributed by atoms with Gasteiger partial charge in [0.1, 0.15) is 0 Å². The van der Waals surface area contributed by atoms with Gasteiger partial charge < -0.3 is 5.21 Å². The van der Waals surface area contributed by atoms with Crippen molar-refractivity contribution in [2.75, 3.05) is 0 Å². The molecule has 2 aromatic carbocycles. The van der Waals surface area contributed by atoms with Crippen LogP contribution in [0.5, 0.6) is 0 Å². The molecule has 0 amide bonds. The highest BCUT2D eigenvalue weighted by Crippen LogP contribution is 2.24. The largest absolute Gasteiger partial charge is 0.594 e. The summed E-state index contributed by atoms with van der Waals surface area (Å²) >= 11 is 0. The molecule has 0 saturated carbocycles. The van der Waals surface area contributed by atoms with Crippen molar-refractivity contribution in [3.05, 3.63) is 64.4 Å². The van der Waals surface area contributed by atoms with E-state index in [0.717, 1.165) is 11.1 Å². The third kappa shape index (κ3) is 2.93. The SMILES string of the molecule is Cc1ccc(F)c(N=[N+]([O-])c2cc(C)ccc2F)c1. The summed E-state index contributed by atoms with van der Waals surface area (Å²) in [4.78, 5) is 0.0974. The molecule has 3 nitrogen and oxygen atoms in total. The van der Waals surface area contributed by atoms with E-state index in [0.29, 0.717) is 0 Å². The molecule has 0 unspecified atom stereocenters. The number of nitrogens with zero attached hydrogens (tertiary/aromatic N) is 2. The Bertz CT molecular complexity index is 654.